The second-order valence-electron chi connectivity index (χ2n) is 3.15. The summed E-state index contributed by atoms with van der Waals surface area (Å²) >= 11 is 0. The normalized spacial score (nSPS) is 17.5. The average Bonchev–Trinajstić information content (AvgIpc) is 2.20. The molecule has 0 unspecified atom stereocenters. The molecule has 3 radical (unpaired) electrons. The molecule has 0 N–H and O–H groups in total. The molecular formula is C10H12NOSi. The monoisotopic (exact) mass is 190 g/mol. The molecule has 2 nitrogen and oxygen atoms in total. The van der Waals surface area contributed by atoms with Gasteiger partial charge < -0.3 is 9.64 Å². The van der Waals surface area contributed by atoms with Crippen LogP contribution >= 0.6 is 0 Å². The SMILES string of the molecule is [Si]c1ccc(N2CCOCC2)cc1. The van der Waals surface area contributed by atoms with E-state index in [1.54, 1.807) is 0 Å². The van der Waals surface area contributed by atoms with Crippen LogP contribution < -0.4 is 10.1 Å². The number of hydrogen-bond donors (Lipinski definition) is 0. The molecule has 1 aliphatic heterocycles. The van der Waals surface area contributed by atoms with Crippen molar-refractivity contribution in [2.24, 2.45) is 0 Å². The van der Waals surface area contributed by atoms with Gasteiger partial charge in [0.2, 0.25) is 0 Å². The van der Waals surface area contributed by atoms with Crippen LogP contribution in [0.1, 0.15) is 0 Å². The van der Waals surface area contributed by atoms with Crippen LogP contribution in [-0.2, 0) is 4.74 Å². The van der Waals surface area contributed by atoms with E-state index >= 15 is 0 Å². The zero-order valence-corrected chi connectivity index (χ0v) is 8.49. The Balaban J connectivity index is 2.10. The molecule has 1 saturated heterocycles. The van der Waals surface area contributed by atoms with E-state index in [2.05, 4.69) is 39.4 Å². The lowest BCUT2D eigenvalue weighted by molar-refractivity contribution is 0.122. The van der Waals surface area contributed by atoms with E-state index < -0.39 is 0 Å². The molecule has 0 bridgehead atoms. The van der Waals surface area contributed by atoms with Gasteiger partial charge >= 0.3 is 0 Å². The summed E-state index contributed by atoms with van der Waals surface area (Å²) in [4.78, 5) is 2.34. The highest BCUT2D eigenvalue weighted by Gasteiger charge is 2.09. The van der Waals surface area contributed by atoms with Gasteiger partial charge in [-0.1, -0.05) is 17.3 Å². The summed E-state index contributed by atoms with van der Waals surface area (Å²) in [5, 5.41) is 1.12. The molecule has 1 aromatic rings. The number of rotatable bonds is 1. The molecule has 0 atom stereocenters. The van der Waals surface area contributed by atoms with E-state index in [-0.39, 0.29) is 0 Å². The molecule has 1 fully saturated rings. The van der Waals surface area contributed by atoms with Crippen LogP contribution in [0.2, 0.25) is 0 Å². The van der Waals surface area contributed by atoms with Crippen LogP contribution in [0.3, 0.4) is 0 Å². The summed E-state index contributed by atoms with van der Waals surface area (Å²) in [7, 11) is 3.47. The summed E-state index contributed by atoms with van der Waals surface area (Å²) < 4.78 is 5.29. The summed E-state index contributed by atoms with van der Waals surface area (Å²) in [5.74, 6) is 0. The third-order valence-corrected chi connectivity index (χ3v) is 2.58. The van der Waals surface area contributed by atoms with E-state index in [9.17, 15) is 0 Å². The van der Waals surface area contributed by atoms with Crippen molar-refractivity contribution in [3.63, 3.8) is 0 Å². The van der Waals surface area contributed by atoms with Gasteiger partial charge in [0, 0.05) is 18.8 Å². The molecular weight excluding hydrogens is 178 g/mol. The molecule has 13 heavy (non-hydrogen) atoms. The molecule has 1 heterocycles. The number of morpholine rings is 1. The second kappa shape index (κ2) is 3.94. The highest BCUT2D eigenvalue weighted by atomic mass is 28.1. The standard InChI is InChI=1S/C10H12NOSi/c13-10-3-1-9(2-4-10)11-5-7-12-8-6-11/h1-4H,5-8H2. The van der Waals surface area contributed by atoms with E-state index in [1.807, 2.05) is 0 Å². The van der Waals surface area contributed by atoms with Crippen molar-refractivity contribution in [3.8, 4) is 0 Å². The molecule has 0 aromatic heterocycles. The van der Waals surface area contributed by atoms with Gasteiger partial charge in [-0.25, -0.2) is 0 Å². The smallest absolute Gasteiger partial charge is 0.0711 e. The topological polar surface area (TPSA) is 12.5 Å². The van der Waals surface area contributed by atoms with E-state index in [0.717, 1.165) is 31.5 Å². The number of nitrogens with zero attached hydrogens (tertiary/aromatic N) is 1. The molecule has 1 aliphatic rings. The largest absolute Gasteiger partial charge is 0.378 e. The third-order valence-electron chi connectivity index (χ3n) is 2.24. The molecule has 0 spiro atoms. The highest BCUT2D eigenvalue weighted by molar-refractivity contribution is 6.32. The maximum absolute atomic E-state index is 5.29. The zero-order chi connectivity index (χ0) is 9.10. The predicted octanol–water partition coefficient (Wildman–Crippen LogP) is 0.317. The van der Waals surface area contributed by atoms with Crippen molar-refractivity contribution in [1.29, 1.82) is 0 Å². The van der Waals surface area contributed by atoms with Crippen LogP contribution in [0.15, 0.2) is 24.3 Å². The van der Waals surface area contributed by atoms with E-state index in [0.29, 0.717) is 0 Å². The lowest BCUT2D eigenvalue weighted by Gasteiger charge is -2.28. The average molecular weight is 190 g/mol. The first kappa shape index (κ1) is 8.78. The summed E-state index contributed by atoms with van der Waals surface area (Å²) in [5.41, 5.74) is 1.28. The van der Waals surface area contributed by atoms with Crippen molar-refractivity contribution >= 4 is 21.1 Å². The maximum atomic E-state index is 5.29. The van der Waals surface area contributed by atoms with Crippen LogP contribution in [0.25, 0.3) is 0 Å². The lowest BCUT2D eigenvalue weighted by Crippen LogP contribution is -2.36. The first-order valence-electron chi connectivity index (χ1n) is 4.50. The van der Waals surface area contributed by atoms with Crippen molar-refractivity contribution in [2.75, 3.05) is 31.2 Å². The Morgan fingerprint density at radius 1 is 1.08 bits per heavy atom. The first-order chi connectivity index (χ1) is 6.36. The van der Waals surface area contributed by atoms with Gasteiger partial charge in [-0.2, -0.15) is 0 Å². The van der Waals surface area contributed by atoms with Crippen molar-refractivity contribution < 1.29 is 4.74 Å². The van der Waals surface area contributed by atoms with E-state index in [1.165, 1.54) is 5.69 Å². The van der Waals surface area contributed by atoms with Crippen LogP contribution in [0, 0.1) is 0 Å². The maximum Gasteiger partial charge on any atom is 0.0711 e. The Labute approximate surface area is 81.9 Å². The second-order valence-corrected chi connectivity index (χ2v) is 3.72. The Kier molecular flexibility index (Phi) is 2.66. The minimum absolute atomic E-state index is 0.843. The number of ether oxygens (including phenoxy) is 1. The Bertz CT molecular complexity index is 267. The molecule has 0 amide bonds. The minimum atomic E-state index is 0.843. The number of hydrogen-bond acceptors (Lipinski definition) is 2. The molecule has 0 saturated carbocycles. The highest BCUT2D eigenvalue weighted by Crippen LogP contribution is 2.13. The fraction of sp³-hybridized carbons (Fsp3) is 0.400. The molecule has 0 aliphatic carbocycles. The number of benzene rings is 1. The summed E-state index contributed by atoms with van der Waals surface area (Å²) in [6.07, 6.45) is 0. The Hall–Kier alpha value is -0.803. The van der Waals surface area contributed by atoms with Crippen LogP contribution in [-0.4, -0.2) is 36.5 Å². The van der Waals surface area contributed by atoms with Gasteiger partial charge in [0.15, 0.2) is 0 Å². The fourth-order valence-electron chi connectivity index (χ4n) is 1.49. The number of anilines is 1. The predicted molar refractivity (Wildman–Crippen MR) is 54.9 cm³/mol. The van der Waals surface area contributed by atoms with E-state index in [4.69, 9.17) is 4.74 Å². The summed E-state index contributed by atoms with van der Waals surface area (Å²) in [6, 6.07) is 8.41. The molecule has 3 heteroatoms. The Morgan fingerprint density at radius 2 is 1.69 bits per heavy atom. The fourth-order valence-corrected chi connectivity index (χ4v) is 1.66. The van der Waals surface area contributed by atoms with Gasteiger partial charge in [-0.3, -0.25) is 0 Å². The summed E-state index contributed by atoms with van der Waals surface area (Å²) in [6.45, 7) is 3.69. The first-order valence-corrected chi connectivity index (χ1v) is 5.00. The van der Waals surface area contributed by atoms with Crippen LogP contribution in [0.4, 0.5) is 5.69 Å². The minimum Gasteiger partial charge on any atom is -0.378 e. The van der Waals surface area contributed by atoms with Gasteiger partial charge in [-0.15, -0.1) is 0 Å². The molecule has 67 valence electrons. The zero-order valence-electron chi connectivity index (χ0n) is 7.49. The van der Waals surface area contributed by atoms with Gasteiger partial charge in [0.05, 0.1) is 23.5 Å². The molecule has 2 rings (SSSR count). The lowest BCUT2D eigenvalue weighted by atomic mass is 10.2. The van der Waals surface area contributed by atoms with Crippen molar-refractivity contribution in [1.82, 2.24) is 0 Å². The van der Waals surface area contributed by atoms with Gasteiger partial charge in [-0.05, 0) is 12.1 Å². The quantitative estimate of drug-likeness (QED) is 0.591. The van der Waals surface area contributed by atoms with Gasteiger partial charge in [0.1, 0.15) is 0 Å². The molecule has 1 aromatic carbocycles. The van der Waals surface area contributed by atoms with Gasteiger partial charge in [0.25, 0.3) is 0 Å². The Morgan fingerprint density at radius 3 is 2.31 bits per heavy atom. The van der Waals surface area contributed by atoms with Crippen LogP contribution in [0.5, 0.6) is 0 Å². The van der Waals surface area contributed by atoms with Crippen molar-refractivity contribution in [3.05, 3.63) is 24.3 Å². The van der Waals surface area contributed by atoms with Crippen molar-refractivity contribution in [2.45, 2.75) is 0 Å². The third kappa shape index (κ3) is 2.11.